The van der Waals surface area contributed by atoms with E-state index in [4.69, 9.17) is 19.4 Å². The van der Waals surface area contributed by atoms with Gasteiger partial charge >= 0.3 is 5.97 Å². The molecule has 1 unspecified atom stereocenters. The van der Waals surface area contributed by atoms with Gasteiger partial charge in [0, 0.05) is 25.3 Å². The number of aliphatic carboxylic acids is 1. The first kappa shape index (κ1) is 19.7. The van der Waals surface area contributed by atoms with Gasteiger partial charge in [-0.15, -0.1) is 0 Å². The molecule has 0 saturated heterocycles. The Morgan fingerprint density at radius 3 is 2.93 bits per heavy atom. The van der Waals surface area contributed by atoms with E-state index in [2.05, 4.69) is 15.5 Å². The zero-order valence-electron chi connectivity index (χ0n) is 15.7. The van der Waals surface area contributed by atoms with Gasteiger partial charge in [-0.2, -0.15) is 4.98 Å². The van der Waals surface area contributed by atoms with Crippen molar-refractivity contribution in [2.45, 2.75) is 44.9 Å². The van der Waals surface area contributed by atoms with E-state index in [0.29, 0.717) is 41.9 Å². The molecule has 3 rings (SSSR count). The van der Waals surface area contributed by atoms with Gasteiger partial charge in [0.15, 0.2) is 17.3 Å². The maximum atomic E-state index is 11.3. The van der Waals surface area contributed by atoms with Gasteiger partial charge < -0.3 is 24.4 Å². The van der Waals surface area contributed by atoms with E-state index in [0.717, 1.165) is 24.9 Å². The standard InChI is InChI=1S/C19H24N4O5/c1-12(20)21-7-3-2-4-17-22-18(28-23-17)9-14(10-19(24)25)13-5-6-15-16(8-13)27-11-26-15/h5-6,8,14H,2-4,7,9-11H2,1H3,(H2,20,21)(H,24,25). The highest BCUT2D eigenvalue weighted by Gasteiger charge is 2.23. The Balaban J connectivity index is 1.60. The molecule has 1 aromatic carbocycles. The predicted octanol–water partition coefficient (Wildman–Crippen LogP) is 2.51. The van der Waals surface area contributed by atoms with Gasteiger partial charge in [0.25, 0.3) is 0 Å². The van der Waals surface area contributed by atoms with Crippen LogP contribution in [0.2, 0.25) is 0 Å². The Morgan fingerprint density at radius 2 is 2.14 bits per heavy atom. The summed E-state index contributed by atoms with van der Waals surface area (Å²) in [5, 5.41) is 23.6. The molecular weight excluding hydrogens is 364 g/mol. The van der Waals surface area contributed by atoms with E-state index in [9.17, 15) is 9.90 Å². The molecule has 0 saturated carbocycles. The van der Waals surface area contributed by atoms with E-state index in [1.807, 2.05) is 12.1 Å². The van der Waals surface area contributed by atoms with Crippen LogP contribution in [-0.4, -0.2) is 40.4 Å². The van der Waals surface area contributed by atoms with Gasteiger partial charge in [-0.3, -0.25) is 10.2 Å². The molecule has 2 heterocycles. The molecule has 1 aliphatic rings. The van der Waals surface area contributed by atoms with Crippen LogP contribution in [0.3, 0.4) is 0 Å². The summed E-state index contributed by atoms with van der Waals surface area (Å²) in [6, 6.07) is 5.44. The van der Waals surface area contributed by atoms with E-state index in [-0.39, 0.29) is 19.1 Å². The smallest absolute Gasteiger partial charge is 0.303 e. The molecule has 150 valence electrons. The number of hydrogen-bond acceptors (Lipinski definition) is 7. The highest BCUT2D eigenvalue weighted by Crippen LogP contribution is 2.36. The molecule has 0 amide bonds. The van der Waals surface area contributed by atoms with Crippen LogP contribution in [0.5, 0.6) is 11.5 Å². The fourth-order valence-corrected chi connectivity index (χ4v) is 3.06. The Morgan fingerprint density at radius 1 is 1.32 bits per heavy atom. The summed E-state index contributed by atoms with van der Waals surface area (Å²) in [4.78, 5) is 15.7. The van der Waals surface area contributed by atoms with Crippen LogP contribution < -0.4 is 14.8 Å². The largest absolute Gasteiger partial charge is 0.481 e. The van der Waals surface area contributed by atoms with Gasteiger partial charge in [0.2, 0.25) is 12.7 Å². The first-order chi connectivity index (χ1) is 13.5. The SMILES string of the molecule is CC(=N)NCCCCc1noc(CC(CC(=O)O)c2ccc3c(c2)OCO3)n1. The van der Waals surface area contributed by atoms with E-state index in [1.165, 1.54) is 0 Å². The second kappa shape index (κ2) is 9.20. The molecule has 0 radical (unpaired) electrons. The summed E-state index contributed by atoms with van der Waals surface area (Å²) in [5.41, 5.74) is 0.833. The van der Waals surface area contributed by atoms with Crippen LogP contribution in [0, 0.1) is 5.41 Å². The van der Waals surface area contributed by atoms with E-state index in [1.54, 1.807) is 13.0 Å². The summed E-state index contributed by atoms with van der Waals surface area (Å²) < 4.78 is 16.0. The number of ether oxygens (including phenoxy) is 2. The highest BCUT2D eigenvalue weighted by atomic mass is 16.7. The maximum Gasteiger partial charge on any atom is 0.303 e. The number of carboxylic acid groups (broad SMARTS) is 1. The number of aryl methyl sites for hydroxylation is 1. The number of nitrogens with one attached hydrogen (secondary N) is 2. The minimum atomic E-state index is -0.892. The number of fused-ring (bicyclic) bond motifs is 1. The van der Waals surface area contributed by atoms with Crippen molar-refractivity contribution in [2.75, 3.05) is 13.3 Å². The lowest BCUT2D eigenvalue weighted by atomic mass is 9.92. The van der Waals surface area contributed by atoms with Gasteiger partial charge in [-0.05, 0) is 37.5 Å². The van der Waals surface area contributed by atoms with Crippen molar-refractivity contribution in [3.05, 3.63) is 35.5 Å². The molecular formula is C19H24N4O5. The summed E-state index contributed by atoms with van der Waals surface area (Å²) in [5.74, 6) is 1.57. The third-order valence-electron chi connectivity index (χ3n) is 4.44. The quantitative estimate of drug-likeness (QED) is 0.321. The number of aromatic nitrogens is 2. The van der Waals surface area contributed by atoms with Gasteiger partial charge in [-0.1, -0.05) is 11.2 Å². The van der Waals surface area contributed by atoms with Crippen LogP contribution in [0.1, 0.15) is 49.4 Å². The number of rotatable bonds is 10. The maximum absolute atomic E-state index is 11.3. The van der Waals surface area contributed by atoms with Crippen LogP contribution >= 0.6 is 0 Å². The average molecular weight is 388 g/mol. The lowest BCUT2D eigenvalue weighted by Crippen LogP contribution is -2.20. The first-order valence-corrected chi connectivity index (χ1v) is 9.23. The number of benzene rings is 1. The number of hydrogen-bond donors (Lipinski definition) is 3. The minimum absolute atomic E-state index is 0.0496. The second-order valence-corrected chi connectivity index (χ2v) is 6.72. The van der Waals surface area contributed by atoms with Crippen molar-refractivity contribution in [1.29, 1.82) is 5.41 Å². The minimum Gasteiger partial charge on any atom is -0.481 e. The molecule has 0 fully saturated rings. The number of amidine groups is 1. The zero-order valence-corrected chi connectivity index (χ0v) is 15.7. The summed E-state index contributed by atoms with van der Waals surface area (Å²) in [7, 11) is 0. The van der Waals surface area contributed by atoms with Gasteiger partial charge in [-0.25, -0.2) is 0 Å². The molecule has 28 heavy (non-hydrogen) atoms. The lowest BCUT2D eigenvalue weighted by Gasteiger charge is -2.13. The number of carboxylic acids is 1. The Kier molecular flexibility index (Phi) is 6.46. The summed E-state index contributed by atoms with van der Waals surface area (Å²) in [6.45, 7) is 2.62. The van der Waals surface area contributed by atoms with Crippen molar-refractivity contribution in [3.8, 4) is 11.5 Å². The monoisotopic (exact) mass is 388 g/mol. The second-order valence-electron chi connectivity index (χ2n) is 6.72. The molecule has 0 spiro atoms. The zero-order chi connectivity index (χ0) is 19.9. The predicted molar refractivity (Wildman–Crippen MR) is 99.9 cm³/mol. The Hall–Kier alpha value is -3.10. The van der Waals surface area contributed by atoms with E-state index >= 15 is 0 Å². The Labute approximate surface area is 162 Å². The van der Waals surface area contributed by atoms with Gasteiger partial charge in [0.1, 0.15) is 0 Å². The fourth-order valence-electron chi connectivity index (χ4n) is 3.06. The molecule has 0 bridgehead atoms. The molecule has 9 heteroatoms. The normalized spacial score (nSPS) is 13.3. The van der Waals surface area contributed by atoms with Crippen molar-refractivity contribution in [2.24, 2.45) is 0 Å². The van der Waals surface area contributed by atoms with Crippen LogP contribution in [-0.2, 0) is 17.6 Å². The third kappa shape index (κ3) is 5.45. The third-order valence-corrected chi connectivity index (χ3v) is 4.44. The molecule has 0 aliphatic carbocycles. The number of unbranched alkanes of at least 4 members (excludes halogenated alkanes) is 1. The average Bonchev–Trinajstić information content (AvgIpc) is 3.28. The topological polar surface area (TPSA) is 131 Å². The molecule has 3 N–H and O–H groups in total. The first-order valence-electron chi connectivity index (χ1n) is 9.23. The van der Waals surface area contributed by atoms with Crippen LogP contribution in [0.15, 0.2) is 22.7 Å². The molecule has 1 aliphatic heterocycles. The van der Waals surface area contributed by atoms with Gasteiger partial charge in [0.05, 0.1) is 12.3 Å². The molecule has 1 aromatic heterocycles. The lowest BCUT2D eigenvalue weighted by molar-refractivity contribution is -0.137. The number of carbonyl (C=O) groups is 1. The van der Waals surface area contributed by atoms with Crippen LogP contribution in [0.4, 0.5) is 0 Å². The molecule has 2 aromatic rings. The highest BCUT2D eigenvalue weighted by molar-refractivity contribution is 5.75. The fraction of sp³-hybridized carbons (Fsp3) is 0.474. The van der Waals surface area contributed by atoms with E-state index < -0.39 is 5.97 Å². The summed E-state index contributed by atoms with van der Waals surface area (Å²) >= 11 is 0. The van der Waals surface area contributed by atoms with Crippen molar-refractivity contribution >= 4 is 11.8 Å². The molecule has 9 nitrogen and oxygen atoms in total. The summed E-state index contributed by atoms with van der Waals surface area (Å²) in [6.07, 6.45) is 2.74. The van der Waals surface area contributed by atoms with Crippen molar-refractivity contribution in [1.82, 2.24) is 15.5 Å². The number of nitrogens with zero attached hydrogens (tertiary/aromatic N) is 2. The Bertz CT molecular complexity index is 835. The van der Waals surface area contributed by atoms with Crippen molar-refractivity contribution < 1.29 is 23.9 Å². The van der Waals surface area contributed by atoms with Crippen LogP contribution in [0.25, 0.3) is 0 Å². The van der Waals surface area contributed by atoms with Crippen molar-refractivity contribution in [3.63, 3.8) is 0 Å². The molecule has 1 atom stereocenters.